The molecule has 2 aromatic carbocycles. The fraction of sp³-hybridized carbons (Fsp3) is 0.269. The molecule has 0 saturated heterocycles. The average Bonchev–Trinajstić information content (AvgIpc) is 2.73. The smallest absolute Gasteiger partial charge is 0.335 e. The molecular weight excluding hydrogens is 406 g/mol. The van der Waals surface area contributed by atoms with Gasteiger partial charge in [0, 0.05) is 17.5 Å². The van der Waals surface area contributed by atoms with E-state index in [2.05, 4.69) is 4.98 Å². The van der Waals surface area contributed by atoms with Gasteiger partial charge in [-0.15, -0.1) is 0 Å². The number of aromatic hydroxyl groups is 1. The molecule has 0 aliphatic carbocycles. The van der Waals surface area contributed by atoms with E-state index in [0.29, 0.717) is 40.2 Å². The molecule has 1 aromatic heterocycles. The van der Waals surface area contributed by atoms with Gasteiger partial charge in [0.2, 0.25) is 0 Å². The summed E-state index contributed by atoms with van der Waals surface area (Å²) >= 11 is 0. The minimum Gasteiger partial charge on any atom is -0.507 e. The zero-order chi connectivity index (χ0) is 23.5. The highest BCUT2D eigenvalue weighted by Gasteiger charge is 2.21. The quantitative estimate of drug-likeness (QED) is 0.467. The van der Waals surface area contributed by atoms with Gasteiger partial charge in [-0.1, -0.05) is 39.0 Å². The predicted molar refractivity (Wildman–Crippen MR) is 122 cm³/mol. The highest BCUT2D eigenvalue weighted by Crippen LogP contribution is 2.33. The largest absolute Gasteiger partial charge is 0.507 e. The van der Waals surface area contributed by atoms with E-state index in [0.717, 1.165) is 0 Å². The highest BCUT2D eigenvalue weighted by molar-refractivity contribution is 5.99. The Labute approximate surface area is 187 Å². The average molecular weight is 434 g/mol. The van der Waals surface area contributed by atoms with E-state index >= 15 is 0 Å². The minimum absolute atomic E-state index is 0.0658. The van der Waals surface area contributed by atoms with Crippen molar-refractivity contribution in [3.8, 4) is 22.8 Å². The molecule has 3 aromatic rings. The maximum atomic E-state index is 12.5. The molecule has 0 saturated carbocycles. The van der Waals surface area contributed by atoms with Crippen molar-refractivity contribution in [1.82, 2.24) is 4.98 Å². The molecule has 0 aliphatic heterocycles. The third kappa shape index (κ3) is 5.52. The molecule has 0 aliphatic rings. The molecule has 6 heteroatoms. The number of pyridine rings is 1. The van der Waals surface area contributed by atoms with Crippen LogP contribution in [0.2, 0.25) is 0 Å². The number of carbonyl (C=O) groups excluding carboxylic acids is 1. The number of ether oxygens (including phenoxy) is 1. The monoisotopic (exact) mass is 433 g/mol. The number of phenols is 1. The van der Waals surface area contributed by atoms with Crippen LogP contribution in [0.25, 0.3) is 11.3 Å². The van der Waals surface area contributed by atoms with Gasteiger partial charge in [0.15, 0.2) is 5.78 Å². The number of nitrogens with zero attached hydrogens (tertiary/aromatic N) is 1. The lowest BCUT2D eigenvalue weighted by Gasteiger charge is -2.18. The van der Waals surface area contributed by atoms with Gasteiger partial charge in [0.25, 0.3) is 0 Å². The second-order valence-corrected chi connectivity index (χ2v) is 8.93. The standard InChI is InChI=1S/C26H27NO5/c1-16-23(12-11-20(24(16)29)22(28)14-26(2,3)4)32-15-19-9-6-10-21(27-19)17-7-5-8-18(13-17)25(30)31/h5-13,29H,14-15H2,1-4H3,(H,30,31). The lowest BCUT2D eigenvalue weighted by Crippen LogP contribution is -2.13. The minimum atomic E-state index is -0.994. The summed E-state index contributed by atoms with van der Waals surface area (Å²) < 4.78 is 5.86. The number of hydrogen-bond acceptors (Lipinski definition) is 5. The molecule has 0 bridgehead atoms. The van der Waals surface area contributed by atoms with Gasteiger partial charge in [0.1, 0.15) is 18.1 Å². The maximum absolute atomic E-state index is 12.5. The summed E-state index contributed by atoms with van der Waals surface area (Å²) in [5, 5.41) is 19.7. The van der Waals surface area contributed by atoms with E-state index in [-0.39, 0.29) is 29.1 Å². The topological polar surface area (TPSA) is 96.7 Å². The van der Waals surface area contributed by atoms with Crippen molar-refractivity contribution in [2.24, 2.45) is 5.41 Å². The highest BCUT2D eigenvalue weighted by atomic mass is 16.5. The van der Waals surface area contributed by atoms with Crippen LogP contribution in [0.4, 0.5) is 0 Å². The number of carboxylic acid groups (broad SMARTS) is 1. The number of hydrogen-bond donors (Lipinski definition) is 2. The van der Waals surface area contributed by atoms with Gasteiger partial charge >= 0.3 is 5.97 Å². The molecule has 0 unspecified atom stereocenters. The molecule has 2 N–H and O–H groups in total. The van der Waals surface area contributed by atoms with Crippen LogP contribution >= 0.6 is 0 Å². The van der Waals surface area contributed by atoms with Crippen molar-refractivity contribution in [3.05, 3.63) is 77.0 Å². The first kappa shape index (κ1) is 23.0. The van der Waals surface area contributed by atoms with Gasteiger partial charge in [-0.3, -0.25) is 4.79 Å². The molecule has 1 heterocycles. The second-order valence-electron chi connectivity index (χ2n) is 8.93. The Morgan fingerprint density at radius 1 is 1.03 bits per heavy atom. The Balaban J connectivity index is 1.77. The van der Waals surface area contributed by atoms with E-state index in [1.807, 2.05) is 26.8 Å². The normalized spacial score (nSPS) is 11.2. The van der Waals surface area contributed by atoms with Crippen LogP contribution in [0, 0.1) is 12.3 Å². The number of ketones is 1. The van der Waals surface area contributed by atoms with E-state index in [1.54, 1.807) is 49.4 Å². The fourth-order valence-corrected chi connectivity index (χ4v) is 3.32. The molecule has 0 atom stereocenters. The molecule has 6 nitrogen and oxygen atoms in total. The molecule has 0 spiro atoms. The predicted octanol–water partition coefficient (Wildman–Crippen LogP) is 5.66. The van der Waals surface area contributed by atoms with Gasteiger partial charge in [-0.2, -0.15) is 0 Å². The summed E-state index contributed by atoms with van der Waals surface area (Å²) in [6.07, 6.45) is 0.333. The van der Waals surface area contributed by atoms with Crippen LogP contribution in [-0.2, 0) is 6.61 Å². The summed E-state index contributed by atoms with van der Waals surface area (Å²) in [6, 6.07) is 15.3. The van der Waals surface area contributed by atoms with E-state index in [1.165, 1.54) is 6.07 Å². The van der Waals surface area contributed by atoms with Crippen molar-refractivity contribution in [1.29, 1.82) is 0 Å². The third-order valence-electron chi connectivity index (χ3n) is 4.96. The first-order chi connectivity index (χ1) is 15.0. The first-order valence-electron chi connectivity index (χ1n) is 10.3. The van der Waals surface area contributed by atoms with Gasteiger partial charge < -0.3 is 14.9 Å². The molecule has 166 valence electrons. The number of phenolic OH excluding ortho intramolecular Hbond substituents is 1. The van der Waals surface area contributed by atoms with Gasteiger partial charge in [0.05, 0.1) is 22.5 Å². The summed E-state index contributed by atoms with van der Waals surface area (Å²) in [5.74, 6) is -0.701. The molecule has 3 rings (SSSR count). The van der Waals surface area contributed by atoms with Crippen LogP contribution in [0.5, 0.6) is 11.5 Å². The number of benzene rings is 2. The van der Waals surface area contributed by atoms with Crippen molar-refractivity contribution in [2.45, 2.75) is 40.7 Å². The Kier molecular flexibility index (Phi) is 6.63. The van der Waals surface area contributed by atoms with Crippen molar-refractivity contribution < 1.29 is 24.5 Å². The number of Topliss-reactive ketones (excluding diaryl/α,β-unsaturated/α-hetero) is 1. The number of carbonyl (C=O) groups is 2. The first-order valence-corrected chi connectivity index (χ1v) is 10.3. The number of aromatic carboxylic acids is 1. The van der Waals surface area contributed by atoms with Crippen LogP contribution in [-0.4, -0.2) is 26.9 Å². The van der Waals surface area contributed by atoms with E-state index in [9.17, 15) is 19.8 Å². The maximum Gasteiger partial charge on any atom is 0.335 e. The lowest BCUT2D eigenvalue weighted by molar-refractivity contribution is 0.0696. The van der Waals surface area contributed by atoms with Gasteiger partial charge in [-0.05, 0) is 48.7 Å². The zero-order valence-corrected chi connectivity index (χ0v) is 18.7. The van der Waals surface area contributed by atoms with E-state index < -0.39 is 5.97 Å². The number of rotatable bonds is 7. The summed E-state index contributed by atoms with van der Waals surface area (Å²) in [4.78, 5) is 28.3. The number of carboxylic acids is 1. The van der Waals surface area contributed by atoms with Crippen molar-refractivity contribution in [3.63, 3.8) is 0 Å². The Hall–Kier alpha value is -3.67. The summed E-state index contributed by atoms with van der Waals surface area (Å²) in [7, 11) is 0. The van der Waals surface area contributed by atoms with Crippen LogP contribution in [0.1, 0.15) is 59.2 Å². The van der Waals surface area contributed by atoms with Crippen LogP contribution in [0.3, 0.4) is 0 Å². The summed E-state index contributed by atoms with van der Waals surface area (Å²) in [5.41, 5.74) is 2.79. The third-order valence-corrected chi connectivity index (χ3v) is 4.96. The second kappa shape index (κ2) is 9.22. The summed E-state index contributed by atoms with van der Waals surface area (Å²) in [6.45, 7) is 7.80. The van der Waals surface area contributed by atoms with Gasteiger partial charge in [-0.25, -0.2) is 9.78 Å². The zero-order valence-electron chi connectivity index (χ0n) is 18.7. The molecule has 0 amide bonds. The van der Waals surface area contributed by atoms with Crippen LogP contribution < -0.4 is 4.74 Å². The van der Waals surface area contributed by atoms with Crippen molar-refractivity contribution in [2.75, 3.05) is 0 Å². The van der Waals surface area contributed by atoms with E-state index in [4.69, 9.17) is 4.74 Å². The van der Waals surface area contributed by atoms with Crippen molar-refractivity contribution >= 4 is 11.8 Å². The number of aromatic nitrogens is 1. The lowest BCUT2D eigenvalue weighted by atomic mass is 9.87. The molecule has 32 heavy (non-hydrogen) atoms. The fourth-order valence-electron chi connectivity index (χ4n) is 3.32. The molecular formula is C26H27NO5. The Morgan fingerprint density at radius 3 is 2.44 bits per heavy atom. The van der Waals surface area contributed by atoms with Crippen LogP contribution in [0.15, 0.2) is 54.6 Å². The Bertz CT molecular complexity index is 1160. The molecule has 0 radical (unpaired) electrons. The Morgan fingerprint density at radius 2 is 1.75 bits per heavy atom. The SMILES string of the molecule is Cc1c(OCc2cccc(-c3cccc(C(=O)O)c3)n2)ccc(C(=O)CC(C)(C)C)c1O. The molecule has 0 fully saturated rings.